The molecule has 0 unspecified atom stereocenters. The van der Waals surface area contributed by atoms with Crippen molar-refractivity contribution in [2.75, 3.05) is 39.5 Å². The highest BCUT2D eigenvalue weighted by Crippen LogP contribution is 2.44. The van der Waals surface area contributed by atoms with E-state index in [0.29, 0.717) is 32.4 Å². The summed E-state index contributed by atoms with van der Waals surface area (Å²) in [6, 6.07) is 0.299. The van der Waals surface area contributed by atoms with Crippen molar-refractivity contribution in [3.05, 3.63) is 0 Å². The van der Waals surface area contributed by atoms with E-state index in [-0.39, 0.29) is 18.3 Å². The van der Waals surface area contributed by atoms with Crippen LogP contribution in [-0.4, -0.2) is 80.3 Å². The fourth-order valence-corrected chi connectivity index (χ4v) is 4.17. The van der Waals surface area contributed by atoms with Crippen LogP contribution in [0.2, 0.25) is 0 Å². The summed E-state index contributed by atoms with van der Waals surface area (Å²) in [5.41, 5.74) is 6.04. The standard InChI is InChI=1S/C18H34N2O5/c1-5-21-14-11-23-18(12-20-9-7-13(19)8-10-20)16(15(14)22-6-2)24-17(3,4)25-18/h13-16H,5-12,19H2,1-4H3/t14-,15-,16+,18+/m1/s1. The molecule has 0 saturated carbocycles. The van der Waals surface area contributed by atoms with Gasteiger partial charge in [0.2, 0.25) is 5.79 Å². The van der Waals surface area contributed by atoms with E-state index in [2.05, 4.69) is 4.90 Å². The molecular weight excluding hydrogens is 324 g/mol. The molecule has 0 aliphatic carbocycles. The average molecular weight is 358 g/mol. The number of nitrogens with two attached hydrogens (primary N) is 1. The Morgan fingerprint density at radius 3 is 2.44 bits per heavy atom. The molecular formula is C18H34N2O5. The van der Waals surface area contributed by atoms with Crippen LogP contribution in [0.5, 0.6) is 0 Å². The number of hydrogen-bond donors (Lipinski definition) is 1. The van der Waals surface area contributed by atoms with Crippen LogP contribution in [-0.2, 0) is 23.7 Å². The van der Waals surface area contributed by atoms with E-state index < -0.39 is 11.6 Å². The maximum Gasteiger partial charge on any atom is 0.213 e. The molecule has 2 N–H and O–H groups in total. The van der Waals surface area contributed by atoms with Crippen molar-refractivity contribution in [3.63, 3.8) is 0 Å². The number of likely N-dealkylation sites (tertiary alicyclic amines) is 1. The smallest absolute Gasteiger partial charge is 0.213 e. The summed E-state index contributed by atoms with van der Waals surface area (Å²) in [7, 11) is 0. The van der Waals surface area contributed by atoms with Gasteiger partial charge >= 0.3 is 0 Å². The third-order valence-corrected chi connectivity index (χ3v) is 5.24. The highest BCUT2D eigenvalue weighted by molar-refractivity contribution is 5.02. The number of hydrogen-bond acceptors (Lipinski definition) is 7. The summed E-state index contributed by atoms with van der Waals surface area (Å²) >= 11 is 0. The molecule has 0 bridgehead atoms. The SMILES string of the molecule is CCO[C@@H]1[C@H](OCC)CO[C@@]2(CN3CCC(N)CC3)OC(C)(C)O[C@@H]12. The Bertz CT molecular complexity index is 441. The molecule has 146 valence electrons. The minimum Gasteiger partial charge on any atom is -0.373 e. The zero-order valence-electron chi connectivity index (χ0n) is 16.0. The van der Waals surface area contributed by atoms with Crippen molar-refractivity contribution in [3.8, 4) is 0 Å². The van der Waals surface area contributed by atoms with Crippen LogP contribution in [0.4, 0.5) is 0 Å². The van der Waals surface area contributed by atoms with E-state index in [1.54, 1.807) is 0 Å². The minimum absolute atomic E-state index is 0.143. The Morgan fingerprint density at radius 1 is 1.12 bits per heavy atom. The lowest BCUT2D eigenvalue weighted by Crippen LogP contribution is -2.65. The van der Waals surface area contributed by atoms with Crippen molar-refractivity contribution in [2.45, 2.75) is 76.5 Å². The van der Waals surface area contributed by atoms with Crippen molar-refractivity contribution in [1.82, 2.24) is 4.90 Å². The second kappa shape index (κ2) is 7.76. The van der Waals surface area contributed by atoms with Crippen LogP contribution in [0.1, 0.15) is 40.5 Å². The topological polar surface area (TPSA) is 75.4 Å². The molecule has 3 saturated heterocycles. The van der Waals surface area contributed by atoms with Gasteiger partial charge in [0.05, 0.1) is 13.2 Å². The van der Waals surface area contributed by atoms with Crippen LogP contribution in [0.25, 0.3) is 0 Å². The maximum absolute atomic E-state index is 6.32. The maximum atomic E-state index is 6.32. The van der Waals surface area contributed by atoms with E-state index in [0.717, 1.165) is 25.9 Å². The Balaban J connectivity index is 1.79. The van der Waals surface area contributed by atoms with Gasteiger partial charge in [0, 0.05) is 19.3 Å². The fourth-order valence-electron chi connectivity index (χ4n) is 4.17. The number of ether oxygens (including phenoxy) is 5. The van der Waals surface area contributed by atoms with E-state index in [1.807, 2.05) is 27.7 Å². The van der Waals surface area contributed by atoms with Gasteiger partial charge in [0.25, 0.3) is 0 Å². The van der Waals surface area contributed by atoms with Gasteiger partial charge in [-0.05, 0) is 53.6 Å². The monoisotopic (exact) mass is 358 g/mol. The number of fused-ring (bicyclic) bond motifs is 1. The van der Waals surface area contributed by atoms with Gasteiger partial charge < -0.3 is 29.4 Å². The first-order valence-electron chi connectivity index (χ1n) is 9.62. The molecule has 25 heavy (non-hydrogen) atoms. The van der Waals surface area contributed by atoms with Crippen LogP contribution >= 0.6 is 0 Å². The largest absolute Gasteiger partial charge is 0.373 e. The van der Waals surface area contributed by atoms with Gasteiger partial charge in [-0.1, -0.05) is 0 Å². The first-order chi connectivity index (χ1) is 11.9. The van der Waals surface area contributed by atoms with Gasteiger partial charge in [-0.15, -0.1) is 0 Å². The second-order valence-corrected chi connectivity index (χ2v) is 7.69. The molecule has 3 fully saturated rings. The zero-order chi connectivity index (χ0) is 18.1. The van der Waals surface area contributed by atoms with Crippen molar-refractivity contribution < 1.29 is 23.7 Å². The highest BCUT2D eigenvalue weighted by atomic mass is 16.8. The fraction of sp³-hybridized carbons (Fsp3) is 1.00. The van der Waals surface area contributed by atoms with E-state index in [9.17, 15) is 0 Å². The Labute approximate surface area is 151 Å². The van der Waals surface area contributed by atoms with Gasteiger partial charge in [0.15, 0.2) is 5.79 Å². The number of rotatable bonds is 6. The molecule has 3 aliphatic heterocycles. The molecule has 7 heteroatoms. The van der Waals surface area contributed by atoms with Gasteiger partial charge in [0.1, 0.15) is 18.3 Å². The molecule has 3 aliphatic rings. The molecule has 7 nitrogen and oxygen atoms in total. The quantitative estimate of drug-likeness (QED) is 0.762. The van der Waals surface area contributed by atoms with Crippen LogP contribution in [0, 0.1) is 0 Å². The molecule has 0 radical (unpaired) electrons. The Kier molecular flexibility index (Phi) is 6.05. The summed E-state index contributed by atoms with van der Waals surface area (Å²) in [6.45, 7) is 12.1. The molecule has 4 atom stereocenters. The van der Waals surface area contributed by atoms with Crippen LogP contribution < -0.4 is 5.73 Å². The lowest BCUT2D eigenvalue weighted by Gasteiger charge is -2.46. The van der Waals surface area contributed by atoms with Gasteiger partial charge in [-0.2, -0.15) is 0 Å². The second-order valence-electron chi connectivity index (χ2n) is 7.69. The molecule has 3 rings (SSSR count). The zero-order valence-corrected chi connectivity index (χ0v) is 16.0. The summed E-state index contributed by atoms with van der Waals surface area (Å²) in [5.74, 6) is -1.54. The Morgan fingerprint density at radius 2 is 1.80 bits per heavy atom. The summed E-state index contributed by atoms with van der Waals surface area (Å²) < 4.78 is 30.7. The molecule has 0 amide bonds. The van der Waals surface area contributed by atoms with Crippen LogP contribution in [0.3, 0.4) is 0 Å². The molecule has 0 aromatic heterocycles. The van der Waals surface area contributed by atoms with Crippen molar-refractivity contribution in [2.24, 2.45) is 5.73 Å². The van der Waals surface area contributed by atoms with E-state index in [4.69, 9.17) is 29.4 Å². The normalized spacial score (nSPS) is 39.5. The average Bonchev–Trinajstić information content (AvgIpc) is 2.83. The number of nitrogens with zero attached hydrogens (tertiary/aromatic N) is 1. The molecule has 0 aromatic rings. The summed E-state index contributed by atoms with van der Waals surface area (Å²) in [5, 5.41) is 0. The van der Waals surface area contributed by atoms with Gasteiger partial charge in [-0.3, -0.25) is 4.90 Å². The molecule has 0 spiro atoms. The van der Waals surface area contributed by atoms with Gasteiger partial charge in [-0.25, -0.2) is 0 Å². The van der Waals surface area contributed by atoms with Crippen molar-refractivity contribution >= 4 is 0 Å². The van der Waals surface area contributed by atoms with Crippen molar-refractivity contribution in [1.29, 1.82) is 0 Å². The third-order valence-electron chi connectivity index (χ3n) is 5.24. The highest BCUT2D eigenvalue weighted by Gasteiger charge is 2.62. The number of piperidine rings is 1. The molecule has 3 heterocycles. The predicted molar refractivity (Wildman–Crippen MR) is 93.2 cm³/mol. The summed E-state index contributed by atoms with van der Waals surface area (Å²) in [6.07, 6.45) is 1.34. The van der Waals surface area contributed by atoms with Crippen LogP contribution in [0.15, 0.2) is 0 Å². The minimum atomic E-state index is -0.821. The van der Waals surface area contributed by atoms with E-state index in [1.165, 1.54) is 0 Å². The Hall–Kier alpha value is -0.280. The van der Waals surface area contributed by atoms with E-state index >= 15 is 0 Å². The third kappa shape index (κ3) is 4.18. The first kappa shape index (κ1) is 19.5. The lowest BCUT2D eigenvalue weighted by molar-refractivity contribution is -0.305. The first-order valence-corrected chi connectivity index (χ1v) is 9.62. The summed E-state index contributed by atoms with van der Waals surface area (Å²) in [4.78, 5) is 2.37. The lowest BCUT2D eigenvalue weighted by atomic mass is 9.95. The predicted octanol–water partition coefficient (Wildman–Crippen LogP) is 1.10. The molecule has 0 aromatic carbocycles.